The van der Waals surface area contributed by atoms with Crippen molar-refractivity contribution in [2.75, 3.05) is 0 Å². The van der Waals surface area contributed by atoms with E-state index in [9.17, 15) is 0 Å². The van der Waals surface area contributed by atoms with Crippen molar-refractivity contribution in [1.29, 1.82) is 0 Å². The van der Waals surface area contributed by atoms with Gasteiger partial charge >= 0.3 is 0 Å². The molecule has 2 heterocycles. The zero-order valence-electron chi connectivity index (χ0n) is 7.99. The molecule has 0 aromatic carbocycles. The Hall–Kier alpha value is -0.710. The smallest absolute Gasteiger partial charge is 0.0798 e. The Morgan fingerprint density at radius 1 is 1.36 bits per heavy atom. The van der Waals surface area contributed by atoms with Crippen LogP contribution in [0.3, 0.4) is 0 Å². The second-order valence-electron chi connectivity index (χ2n) is 3.04. The van der Waals surface area contributed by atoms with Gasteiger partial charge in [0.25, 0.3) is 0 Å². The summed E-state index contributed by atoms with van der Waals surface area (Å²) in [6.45, 7) is 3.93. The zero-order chi connectivity index (χ0) is 9.80. The third-order valence-electron chi connectivity index (χ3n) is 2.01. The van der Waals surface area contributed by atoms with Crippen LogP contribution in [0.15, 0.2) is 23.0 Å². The van der Waals surface area contributed by atoms with Crippen LogP contribution in [0.4, 0.5) is 0 Å². The van der Waals surface area contributed by atoms with Gasteiger partial charge in [0, 0.05) is 22.8 Å². The summed E-state index contributed by atoms with van der Waals surface area (Å²) in [5.41, 5.74) is 3.05. The van der Waals surface area contributed by atoms with Crippen LogP contribution >= 0.6 is 22.7 Å². The normalized spacial score (nSPS) is 10.6. The first-order chi connectivity index (χ1) is 6.86. The minimum absolute atomic E-state index is 0.925. The van der Waals surface area contributed by atoms with Crippen molar-refractivity contribution in [2.45, 2.75) is 20.0 Å². The lowest BCUT2D eigenvalue weighted by Gasteiger charge is -2.00. The molecular formula is C10H12N2S2. The van der Waals surface area contributed by atoms with E-state index in [1.807, 2.05) is 5.51 Å². The minimum Gasteiger partial charge on any atom is -0.307 e. The van der Waals surface area contributed by atoms with E-state index in [1.54, 1.807) is 22.7 Å². The van der Waals surface area contributed by atoms with Gasteiger partial charge < -0.3 is 5.32 Å². The highest BCUT2D eigenvalue weighted by Crippen LogP contribution is 2.12. The third kappa shape index (κ3) is 2.41. The van der Waals surface area contributed by atoms with Crippen molar-refractivity contribution in [1.82, 2.24) is 10.3 Å². The summed E-state index contributed by atoms with van der Waals surface area (Å²) in [6, 6.07) is 4.23. The molecule has 0 saturated carbocycles. The summed E-state index contributed by atoms with van der Waals surface area (Å²) < 4.78 is 0. The fourth-order valence-corrected chi connectivity index (χ4v) is 2.63. The van der Waals surface area contributed by atoms with E-state index in [4.69, 9.17) is 0 Å². The van der Waals surface area contributed by atoms with E-state index in [2.05, 4.69) is 34.7 Å². The molecule has 0 aliphatic carbocycles. The quantitative estimate of drug-likeness (QED) is 0.864. The highest BCUT2D eigenvalue weighted by atomic mass is 32.1. The molecule has 0 amide bonds. The summed E-state index contributed by atoms with van der Waals surface area (Å²) in [5, 5.41) is 5.52. The largest absolute Gasteiger partial charge is 0.307 e. The molecule has 4 heteroatoms. The monoisotopic (exact) mass is 224 g/mol. The van der Waals surface area contributed by atoms with Crippen molar-refractivity contribution in [3.05, 3.63) is 38.5 Å². The van der Waals surface area contributed by atoms with Gasteiger partial charge in [0.05, 0.1) is 11.2 Å². The molecule has 2 aromatic rings. The maximum absolute atomic E-state index is 4.21. The van der Waals surface area contributed by atoms with E-state index in [1.165, 1.54) is 9.75 Å². The lowest BCUT2D eigenvalue weighted by atomic mass is 10.4. The molecular weight excluding hydrogens is 212 g/mol. The van der Waals surface area contributed by atoms with Crippen LogP contribution in [0.1, 0.15) is 15.4 Å². The second kappa shape index (κ2) is 4.68. The van der Waals surface area contributed by atoms with E-state index < -0.39 is 0 Å². The molecule has 2 rings (SSSR count). The number of nitrogens with zero attached hydrogens (tertiary/aromatic N) is 1. The van der Waals surface area contributed by atoms with Crippen molar-refractivity contribution in [2.24, 2.45) is 0 Å². The standard InChI is InChI=1S/C10H12N2S2/c1-8-10(14-7-12-8)6-11-5-9-3-2-4-13-9/h2-4,7,11H,5-6H2,1H3. The van der Waals surface area contributed by atoms with Gasteiger partial charge in [-0.1, -0.05) is 6.07 Å². The number of thiazole rings is 1. The van der Waals surface area contributed by atoms with Crippen LogP contribution in [0.2, 0.25) is 0 Å². The molecule has 14 heavy (non-hydrogen) atoms. The Kier molecular flexibility index (Phi) is 3.29. The maximum Gasteiger partial charge on any atom is 0.0798 e. The molecule has 0 saturated heterocycles. The summed E-state index contributed by atoms with van der Waals surface area (Å²) in [5.74, 6) is 0. The Morgan fingerprint density at radius 2 is 2.29 bits per heavy atom. The van der Waals surface area contributed by atoms with E-state index >= 15 is 0 Å². The molecule has 0 aliphatic rings. The Balaban J connectivity index is 1.81. The highest BCUT2D eigenvalue weighted by molar-refractivity contribution is 7.10. The minimum atomic E-state index is 0.925. The molecule has 2 nitrogen and oxygen atoms in total. The lowest BCUT2D eigenvalue weighted by molar-refractivity contribution is 0.705. The van der Waals surface area contributed by atoms with E-state index in [0.717, 1.165) is 18.8 Å². The fraction of sp³-hybridized carbons (Fsp3) is 0.300. The second-order valence-corrected chi connectivity index (χ2v) is 5.02. The van der Waals surface area contributed by atoms with E-state index in [0.29, 0.717) is 0 Å². The predicted molar refractivity (Wildman–Crippen MR) is 61.7 cm³/mol. The average Bonchev–Trinajstić information content (AvgIpc) is 2.78. The van der Waals surface area contributed by atoms with Gasteiger partial charge in [0.1, 0.15) is 0 Å². The van der Waals surface area contributed by atoms with Gasteiger partial charge in [-0.3, -0.25) is 0 Å². The van der Waals surface area contributed by atoms with Crippen molar-refractivity contribution >= 4 is 22.7 Å². The topological polar surface area (TPSA) is 24.9 Å². The summed E-state index contributed by atoms with van der Waals surface area (Å²) >= 11 is 3.51. The molecule has 0 aliphatic heterocycles. The number of hydrogen-bond donors (Lipinski definition) is 1. The first-order valence-corrected chi connectivity index (χ1v) is 6.24. The number of hydrogen-bond acceptors (Lipinski definition) is 4. The van der Waals surface area contributed by atoms with Crippen LogP contribution in [-0.4, -0.2) is 4.98 Å². The summed E-state index contributed by atoms with van der Waals surface area (Å²) in [4.78, 5) is 6.93. The molecule has 0 unspecified atom stereocenters. The van der Waals surface area contributed by atoms with Crippen LogP contribution in [-0.2, 0) is 13.1 Å². The fourth-order valence-electron chi connectivity index (χ4n) is 1.21. The molecule has 0 fully saturated rings. The average molecular weight is 224 g/mol. The number of aryl methyl sites for hydroxylation is 1. The number of nitrogens with one attached hydrogen (secondary N) is 1. The molecule has 0 atom stereocenters. The molecule has 1 N–H and O–H groups in total. The molecule has 0 bridgehead atoms. The zero-order valence-corrected chi connectivity index (χ0v) is 9.62. The first kappa shape index (κ1) is 9.83. The Bertz CT molecular complexity index is 378. The van der Waals surface area contributed by atoms with E-state index in [-0.39, 0.29) is 0 Å². The summed E-state index contributed by atoms with van der Waals surface area (Å²) in [7, 11) is 0. The van der Waals surface area contributed by atoms with Gasteiger partial charge in [0.2, 0.25) is 0 Å². The molecule has 74 valence electrons. The van der Waals surface area contributed by atoms with Crippen LogP contribution in [0, 0.1) is 6.92 Å². The number of aromatic nitrogens is 1. The Morgan fingerprint density at radius 3 is 2.93 bits per heavy atom. The van der Waals surface area contributed by atoms with Gasteiger partial charge in [-0.05, 0) is 18.4 Å². The van der Waals surface area contributed by atoms with Gasteiger partial charge in [-0.2, -0.15) is 0 Å². The Labute approximate surface area is 91.6 Å². The van der Waals surface area contributed by atoms with Gasteiger partial charge in [0.15, 0.2) is 0 Å². The SMILES string of the molecule is Cc1ncsc1CNCc1cccs1. The molecule has 2 aromatic heterocycles. The highest BCUT2D eigenvalue weighted by Gasteiger charge is 2.00. The van der Waals surface area contributed by atoms with Crippen molar-refractivity contribution in [3.8, 4) is 0 Å². The number of thiophene rings is 1. The van der Waals surface area contributed by atoms with Crippen LogP contribution < -0.4 is 5.32 Å². The van der Waals surface area contributed by atoms with Crippen LogP contribution in [0.5, 0.6) is 0 Å². The third-order valence-corrected chi connectivity index (χ3v) is 3.82. The van der Waals surface area contributed by atoms with Gasteiger partial charge in [-0.25, -0.2) is 4.98 Å². The lowest BCUT2D eigenvalue weighted by Crippen LogP contribution is -2.11. The van der Waals surface area contributed by atoms with Crippen molar-refractivity contribution < 1.29 is 0 Å². The van der Waals surface area contributed by atoms with Gasteiger partial charge in [-0.15, -0.1) is 22.7 Å². The molecule has 0 spiro atoms. The summed E-state index contributed by atoms with van der Waals surface area (Å²) in [6.07, 6.45) is 0. The van der Waals surface area contributed by atoms with Crippen LogP contribution in [0.25, 0.3) is 0 Å². The maximum atomic E-state index is 4.21. The predicted octanol–water partition coefficient (Wildman–Crippen LogP) is 2.80. The molecule has 0 radical (unpaired) electrons. The first-order valence-electron chi connectivity index (χ1n) is 4.48. The number of rotatable bonds is 4. The van der Waals surface area contributed by atoms with Crippen molar-refractivity contribution in [3.63, 3.8) is 0 Å².